The number of rotatable bonds is 1. The summed E-state index contributed by atoms with van der Waals surface area (Å²) in [5, 5.41) is 2.90. The zero-order chi connectivity index (χ0) is 11.8. The van der Waals surface area contributed by atoms with Gasteiger partial charge in [0.25, 0.3) is 0 Å². The van der Waals surface area contributed by atoms with Gasteiger partial charge in [-0.3, -0.25) is 4.79 Å². The van der Waals surface area contributed by atoms with E-state index in [4.69, 9.17) is 0 Å². The molecule has 0 saturated carbocycles. The molecule has 1 fully saturated rings. The molecule has 17 heavy (non-hydrogen) atoms. The Hall–Kier alpha value is -1.65. The minimum atomic E-state index is -0.0316. The number of fused-ring (bicyclic) bond motifs is 3. The van der Waals surface area contributed by atoms with Crippen molar-refractivity contribution >= 4 is 17.4 Å². The molecular weight excluding hydrogens is 216 g/mol. The third kappa shape index (κ3) is 1.66. The average molecular weight is 232 g/mol. The van der Waals surface area contributed by atoms with E-state index in [2.05, 4.69) is 20.2 Å². The van der Waals surface area contributed by atoms with Crippen molar-refractivity contribution in [2.45, 2.75) is 38.6 Å². The standard InChI is InChI=1S/C12H16N4O/c1-2-10-13-7-8-11(15-10)16-6-4-3-5-9(16)12(17)14-8/h7,9H,2-6H2,1H3,(H,14,17). The first-order valence-electron chi connectivity index (χ1n) is 6.23. The van der Waals surface area contributed by atoms with E-state index in [1.165, 1.54) is 0 Å². The van der Waals surface area contributed by atoms with Crippen LogP contribution in [0.25, 0.3) is 0 Å². The van der Waals surface area contributed by atoms with E-state index in [0.29, 0.717) is 0 Å². The second-order valence-corrected chi connectivity index (χ2v) is 4.57. The van der Waals surface area contributed by atoms with Gasteiger partial charge in [0, 0.05) is 13.0 Å². The quantitative estimate of drug-likeness (QED) is 0.794. The Bertz CT molecular complexity index is 460. The summed E-state index contributed by atoms with van der Waals surface area (Å²) in [5.41, 5.74) is 0.755. The van der Waals surface area contributed by atoms with E-state index < -0.39 is 0 Å². The summed E-state index contributed by atoms with van der Waals surface area (Å²) in [7, 11) is 0. The average Bonchev–Trinajstić information content (AvgIpc) is 2.39. The summed E-state index contributed by atoms with van der Waals surface area (Å²) in [5.74, 6) is 1.83. The van der Waals surface area contributed by atoms with Gasteiger partial charge in [-0.05, 0) is 19.3 Å². The van der Waals surface area contributed by atoms with E-state index in [9.17, 15) is 4.79 Å². The molecule has 1 saturated heterocycles. The summed E-state index contributed by atoms with van der Waals surface area (Å²) in [6, 6.07) is -0.0316. The van der Waals surface area contributed by atoms with Crippen LogP contribution < -0.4 is 10.2 Å². The number of hydrogen-bond acceptors (Lipinski definition) is 4. The minimum absolute atomic E-state index is 0.0316. The first-order chi connectivity index (χ1) is 8.29. The molecule has 3 heterocycles. The van der Waals surface area contributed by atoms with Crippen molar-refractivity contribution in [2.24, 2.45) is 0 Å². The number of anilines is 2. The lowest BCUT2D eigenvalue weighted by molar-refractivity contribution is -0.118. The molecule has 0 aliphatic carbocycles. The minimum Gasteiger partial charge on any atom is -0.343 e. The summed E-state index contributed by atoms with van der Waals surface area (Å²) in [6.45, 7) is 2.96. The molecule has 0 radical (unpaired) electrons. The lowest BCUT2D eigenvalue weighted by atomic mass is 9.99. The predicted octanol–water partition coefficient (Wildman–Crippen LogP) is 1.35. The van der Waals surface area contributed by atoms with Crippen LogP contribution in [0.2, 0.25) is 0 Å². The van der Waals surface area contributed by atoms with Crippen molar-refractivity contribution in [1.82, 2.24) is 9.97 Å². The fourth-order valence-corrected chi connectivity index (χ4v) is 2.56. The molecule has 1 N–H and O–H groups in total. The highest BCUT2D eigenvalue weighted by molar-refractivity contribution is 6.02. The molecule has 5 heteroatoms. The number of aryl methyl sites for hydroxylation is 1. The summed E-state index contributed by atoms with van der Waals surface area (Å²) >= 11 is 0. The number of nitrogens with zero attached hydrogens (tertiary/aromatic N) is 3. The van der Waals surface area contributed by atoms with E-state index in [1.54, 1.807) is 6.20 Å². The molecule has 1 amide bonds. The maximum absolute atomic E-state index is 11.9. The van der Waals surface area contributed by atoms with Gasteiger partial charge in [0.2, 0.25) is 5.91 Å². The topological polar surface area (TPSA) is 58.1 Å². The number of aromatic nitrogens is 2. The Morgan fingerprint density at radius 3 is 3.24 bits per heavy atom. The smallest absolute Gasteiger partial charge is 0.247 e. The van der Waals surface area contributed by atoms with Crippen LogP contribution >= 0.6 is 0 Å². The largest absolute Gasteiger partial charge is 0.343 e. The van der Waals surface area contributed by atoms with Crippen LogP contribution in [0, 0.1) is 0 Å². The van der Waals surface area contributed by atoms with Crippen molar-refractivity contribution in [3.8, 4) is 0 Å². The van der Waals surface area contributed by atoms with E-state index >= 15 is 0 Å². The van der Waals surface area contributed by atoms with Crippen LogP contribution in [0.5, 0.6) is 0 Å². The molecule has 1 atom stereocenters. The predicted molar refractivity (Wildman–Crippen MR) is 65.0 cm³/mol. The second-order valence-electron chi connectivity index (χ2n) is 4.57. The maximum Gasteiger partial charge on any atom is 0.247 e. The molecule has 90 valence electrons. The van der Waals surface area contributed by atoms with Crippen molar-refractivity contribution in [1.29, 1.82) is 0 Å². The van der Waals surface area contributed by atoms with Crippen LogP contribution in [0.4, 0.5) is 11.5 Å². The van der Waals surface area contributed by atoms with Gasteiger partial charge in [-0.25, -0.2) is 9.97 Å². The van der Waals surface area contributed by atoms with Gasteiger partial charge in [0.1, 0.15) is 17.6 Å². The molecule has 5 nitrogen and oxygen atoms in total. The van der Waals surface area contributed by atoms with Gasteiger partial charge in [0.05, 0.1) is 6.20 Å². The highest BCUT2D eigenvalue weighted by atomic mass is 16.2. The lowest BCUT2D eigenvalue weighted by Crippen LogP contribution is -2.51. The van der Waals surface area contributed by atoms with E-state index in [1.807, 2.05) is 6.92 Å². The molecule has 3 rings (SSSR count). The monoisotopic (exact) mass is 232 g/mol. The number of nitrogens with one attached hydrogen (secondary N) is 1. The first kappa shape index (κ1) is 10.5. The van der Waals surface area contributed by atoms with Crippen molar-refractivity contribution < 1.29 is 4.79 Å². The number of carbonyl (C=O) groups is 1. The molecule has 0 aromatic carbocycles. The molecule has 0 spiro atoms. The lowest BCUT2D eigenvalue weighted by Gasteiger charge is -2.39. The van der Waals surface area contributed by atoms with E-state index in [0.717, 1.165) is 49.6 Å². The number of hydrogen-bond donors (Lipinski definition) is 1. The molecule has 1 aromatic rings. The first-order valence-corrected chi connectivity index (χ1v) is 6.23. The highest BCUT2D eigenvalue weighted by Crippen LogP contribution is 2.33. The fourth-order valence-electron chi connectivity index (χ4n) is 2.56. The van der Waals surface area contributed by atoms with Gasteiger partial charge < -0.3 is 10.2 Å². The molecule has 0 bridgehead atoms. The molecule has 2 aliphatic rings. The van der Waals surface area contributed by atoms with Gasteiger partial charge >= 0.3 is 0 Å². The van der Waals surface area contributed by atoms with Crippen LogP contribution in [0.15, 0.2) is 6.20 Å². The second kappa shape index (κ2) is 3.98. The fraction of sp³-hybridized carbons (Fsp3) is 0.583. The highest BCUT2D eigenvalue weighted by Gasteiger charge is 2.35. The van der Waals surface area contributed by atoms with Gasteiger partial charge in [-0.2, -0.15) is 0 Å². The molecule has 1 unspecified atom stereocenters. The third-order valence-corrected chi connectivity index (χ3v) is 3.47. The van der Waals surface area contributed by atoms with Crippen LogP contribution in [-0.4, -0.2) is 28.5 Å². The summed E-state index contributed by atoms with van der Waals surface area (Å²) < 4.78 is 0. The third-order valence-electron chi connectivity index (χ3n) is 3.47. The Morgan fingerprint density at radius 2 is 2.41 bits per heavy atom. The SMILES string of the molecule is CCc1ncc2c(n1)N1CCCCC1C(=O)N2. The molecule has 1 aromatic heterocycles. The molecule has 2 aliphatic heterocycles. The Balaban J connectivity index is 2.04. The van der Waals surface area contributed by atoms with Gasteiger partial charge in [-0.1, -0.05) is 6.92 Å². The van der Waals surface area contributed by atoms with Crippen LogP contribution in [-0.2, 0) is 11.2 Å². The van der Waals surface area contributed by atoms with Crippen LogP contribution in [0.3, 0.4) is 0 Å². The Morgan fingerprint density at radius 1 is 1.53 bits per heavy atom. The number of carbonyl (C=O) groups excluding carboxylic acids is 1. The zero-order valence-electron chi connectivity index (χ0n) is 9.94. The van der Waals surface area contributed by atoms with Crippen molar-refractivity contribution in [2.75, 3.05) is 16.8 Å². The van der Waals surface area contributed by atoms with Crippen molar-refractivity contribution in [3.05, 3.63) is 12.0 Å². The summed E-state index contributed by atoms with van der Waals surface area (Å²) in [6.07, 6.45) is 5.73. The normalized spacial score (nSPS) is 22.8. The number of piperidine rings is 1. The maximum atomic E-state index is 11.9. The van der Waals surface area contributed by atoms with Crippen molar-refractivity contribution in [3.63, 3.8) is 0 Å². The zero-order valence-corrected chi connectivity index (χ0v) is 9.94. The van der Waals surface area contributed by atoms with Gasteiger partial charge in [-0.15, -0.1) is 0 Å². The van der Waals surface area contributed by atoms with E-state index in [-0.39, 0.29) is 11.9 Å². The van der Waals surface area contributed by atoms with Gasteiger partial charge in [0.15, 0.2) is 5.82 Å². The molecular formula is C12H16N4O. The Labute approximate surface area is 100 Å². The Kier molecular flexibility index (Phi) is 2.46. The summed E-state index contributed by atoms with van der Waals surface area (Å²) in [4.78, 5) is 22.9. The van der Waals surface area contributed by atoms with Crippen LogP contribution in [0.1, 0.15) is 32.0 Å². The number of amides is 1.